The summed E-state index contributed by atoms with van der Waals surface area (Å²) in [5, 5.41) is 12.3. The topological polar surface area (TPSA) is 49.4 Å². The van der Waals surface area contributed by atoms with Gasteiger partial charge in [0.05, 0.1) is 29.6 Å². The van der Waals surface area contributed by atoms with Crippen LogP contribution in [0.1, 0.15) is 19.8 Å². The fourth-order valence-electron chi connectivity index (χ4n) is 3.41. The first-order chi connectivity index (χ1) is 7.03. The average Bonchev–Trinajstić information content (AvgIpc) is 2.41. The minimum atomic E-state index is -0.896. The Morgan fingerprint density at radius 3 is 2.60 bits per heavy atom. The van der Waals surface area contributed by atoms with Gasteiger partial charge in [0.1, 0.15) is 17.6 Å². The molecule has 15 heavy (non-hydrogen) atoms. The van der Waals surface area contributed by atoms with Crippen molar-refractivity contribution in [2.75, 3.05) is 25.4 Å². The third kappa shape index (κ3) is 1.40. The molecule has 86 valence electrons. The van der Waals surface area contributed by atoms with Gasteiger partial charge in [0.2, 0.25) is 0 Å². The van der Waals surface area contributed by atoms with Gasteiger partial charge in [-0.15, -0.1) is 0 Å². The van der Waals surface area contributed by atoms with E-state index in [9.17, 15) is 9.42 Å². The Hall–Kier alpha value is 0.0300. The van der Waals surface area contributed by atoms with Gasteiger partial charge in [-0.25, -0.2) is 0 Å². The lowest BCUT2D eigenvalue weighted by Crippen LogP contribution is -2.67. The molecule has 3 unspecified atom stereocenters. The predicted octanol–water partition coefficient (Wildman–Crippen LogP) is 0.588. The molecular weight excluding hydrogens is 214 g/mol. The van der Waals surface area contributed by atoms with Gasteiger partial charge in [-0.05, 0) is 6.92 Å². The highest BCUT2D eigenvalue weighted by molar-refractivity contribution is 7.85. The fraction of sp³-hybridized carbons (Fsp3) is 1.00. The Bertz CT molecular complexity index is 314. The van der Waals surface area contributed by atoms with Crippen molar-refractivity contribution >= 4 is 10.8 Å². The van der Waals surface area contributed by atoms with Crippen molar-refractivity contribution in [3.63, 3.8) is 0 Å². The van der Waals surface area contributed by atoms with Gasteiger partial charge < -0.3 is 14.6 Å². The molecule has 0 radical (unpaired) electrons. The maximum absolute atomic E-state index is 12.3. The van der Waals surface area contributed by atoms with Gasteiger partial charge >= 0.3 is 0 Å². The van der Waals surface area contributed by atoms with E-state index in [0.717, 1.165) is 25.9 Å². The molecule has 4 aliphatic heterocycles. The fourth-order valence-corrected chi connectivity index (χ4v) is 4.82. The first-order valence-corrected chi connectivity index (χ1v) is 7.03. The van der Waals surface area contributed by atoms with E-state index < -0.39 is 10.8 Å². The molecule has 4 fully saturated rings. The molecule has 0 aromatic heterocycles. The number of ether oxygens (including phenoxy) is 1. The minimum Gasteiger partial charge on any atom is -0.633 e. The zero-order valence-electron chi connectivity index (χ0n) is 8.98. The lowest BCUT2D eigenvalue weighted by molar-refractivity contribution is -0.905. The first kappa shape index (κ1) is 10.2. The van der Waals surface area contributed by atoms with Crippen LogP contribution in [-0.2, 0) is 15.5 Å². The molecule has 0 aromatic rings. The minimum absolute atomic E-state index is 0.111. The van der Waals surface area contributed by atoms with Crippen LogP contribution in [0.5, 0.6) is 0 Å². The molecule has 0 amide bonds. The smallest absolute Gasteiger partial charge is 0.133 e. The lowest BCUT2D eigenvalue weighted by atomic mass is 9.76. The first-order valence-electron chi connectivity index (χ1n) is 5.65. The van der Waals surface area contributed by atoms with E-state index in [2.05, 4.69) is 0 Å². The van der Waals surface area contributed by atoms with Gasteiger partial charge in [0.25, 0.3) is 0 Å². The monoisotopic (exact) mass is 231 g/mol. The van der Waals surface area contributed by atoms with Crippen molar-refractivity contribution in [3.05, 3.63) is 5.21 Å². The molecule has 4 heterocycles. The quantitative estimate of drug-likeness (QED) is 0.453. The number of quaternary nitrogens is 1. The molecule has 4 aliphatic rings. The standard InChI is InChI=1S/C10H17NO3S/c1-8-14-10(7-15(8)13)6-11(12)4-2-9(10)3-5-11/h8-9H,2-7H2,1H3. The summed E-state index contributed by atoms with van der Waals surface area (Å²) >= 11 is 0. The Balaban J connectivity index is 1.91. The van der Waals surface area contributed by atoms with Crippen molar-refractivity contribution in [2.45, 2.75) is 30.8 Å². The number of hydrogen-bond acceptors (Lipinski definition) is 3. The number of hydroxylamine groups is 3. The van der Waals surface area contributed by atoms with E-state index in [0.29, 0.717) is 18.2 Å². The van der Waals surface area contributed by atoms with Gasteiger partial charge in [-0.2, -0.15) is 0 Å². The van der Waals surface area contributed by atoms with E-state index in [1.165, 1.54) is 0 Å². The molecule has 4 rings (SSSR count). The number of fused-ring (bicyclic) bond motifs is 2. The van der Waals surface area contributed by atoms with Gasteiger partial charge in [0, 0.05) is 18.8 Å². The van der Waals surface area contributed by atoms with Crippen molar-refractivity contribution in [1.29, 1.82) is 0 Å². The summed E-state index contributed by atoms with van der Waals surface area (Å²) in [6.07, 6.45) is 1.90. The van der Waals surface area contributed by atoms with Crippen molar-refractivity contribution in [1.82, 2.24) is 0 Å². The molecule has 0 N–H and O–H groups in total. The Morgan fingerprint density at radius 2 is 2.13 bits per heavy atom. The molecule has 4 saturated heterocycles. The van der Waals surface area contributed by atoms with Crippen molar-refractivity contribution < 1.29 is 13.6 Å². The zero-order chi connectivity index (χ0) is 10.7. The van der Waals surface area contributed by atoms with Crippen LogP contribution in [0.25, 0.3) is 0 Å². The third-order valence-corrected chi connectivity index (χ3v) is 5.84. The summed E-state index contributed by atoms with van der Waals surface area (Å²) in [4.78, 5) is 0. The van der Waals surface area contributed by atoms with Crippen LogP contribution in [0.15, 0.2) is 0 Å². The Morgan fingerprint density at radius 1 is 1.47 bits per heavy atom. The summed E-state index contributed by atoms with van der Waals surface area (Å²) in [6, 6.07) is 0. The van der Waals surface area contributed by atoms with Gasteiger partial charge in [-0.1, -0.05) is 0 Å². The second kappa shape index (κ2) is 3.03. The highest BCUT2D eigenvalue weighted by atomic mass is 32.2. The summed E-state index contributed by atoms with van der Waals surface area (Å²) in [5.41, 5.74) is -0.528. The summed E-state index contributed by atoms with van der Waals surface area (Å²) in [6.45, 7) is 3.86. The maximum Gasteiger partial charge on any atom is 0.133 e. The van der Waals surface area contributed by atoms with Crippen LogP contribution in [0.4, 0.5) is 0 Å². The lowest BCUT2D eigenvalue weighted by Gasteiger charge is -2.59. The normalized spacial score (nSPS) is 58.9. The van der Waals surface area contributed by atoms with Crippen LogP contribution in [-0.4, -0.2) is 45.3 Å². The van der Waals surface area contributed by atoms with E-state index in [-0.39, 0.29) is 15.7 Å². The zero-order valence-corrected chi connectivity index (χ0v) is 9.79. The number of hydrogen-bond donors (Lipinski definition) is 0. The third-order valence-electron chi connectivity index (χ3n) is 4.23. The van der Waals surface area contributed by atoms with E-state index in [1.807, 2.05) is 6.92 Å². The average molecular weight is 231 g/mol. The highest BCUT2D eigenvalue weighted by Crippen LogP contribution is 2.46. The predicted molar refractivity (Wildman–Crippen MR) is 57.2 cm³/mol. The van der Waals surface area contributed by atoms with Gasteiger partial charge in [-0.3, -0.25) is 4.21 Å². The maximum atomic E-state index is 12.3. The second-order valence-corrected chi connectivity index (χ2v) is 6.93. The molecule has 1 spiro atoms. The summed E-state index contributed by atoms with van der Waals surface area (Å²) in [5.74, 6) is 1.06. The van der Waals surface area contributed by atoms with E-state index >= 15 is 0 Å². The molecule has 5 heteroatoms. The second-order valence-electron chi connectivity index (χ2n) is 5.21. The van der Waals surface area contributed by atoms with Crippen LogP contribution >= 0.6 is 0 Å². The SMILES string of the molecule is CC1OC2(CS1=O)C[N+]1([O-])CCC2CC1. The Kier molecular flexibility index (Phi) is 2.06. The molecule has 4 nitrogen and oxygen atoms in total. The van der Waals surface area contributed by atoms with Crippen molar-refractivity contribution in [2.24, 2.45) is 5.92 Å². The summed E-state index contributed by atoms with van der Waals surface area (Å²) < 4.78 is 17.5. The molecule has 0 aromatic carbocycles. The largest absolute Gasteiger partial charge is 0.633 e. The molecule has 3 atom stereocenters. The number of nitrogens with zero attached hydrogens (tertiary/aromatic N) is 1. The van der Waals surface area contributed by atoms with E-state index in [1.54, 1.807) is 0 Å². The Labute approximate surface area is 92.2 Å². The van der Waals surface area contributed by atoms with Crippen LogP contribution in [0, 0.1) is 11.1 Å². The molecule has 2 bridgehead atoms. The summed E-state index contributed by atoms with van der Waals surface area (Å²) in [7, 11) is -0.896. The van der Waals surface area contributed by atoms with Crippen LogP contribution in [0.3, 0.4) is 0 Å². The van der Waals surface area contributed by atoms with Crippen LogP contribution in [0.2, 0.25) is 0 Å². The number of rotatable bonds is 0. The molecule has 0 saturated carbocycles. The van der Waals surface area contributed by atoms with E-state index in [4.69, 9.17) is 4.74 Å². The van der Waals surface area contributed by atoms with Crippen molar-refractivity contribution in [3.8, 4) is 0 Å². The number of piperidine rings is 3. The van der Waals surface area contributed by atoms with Crippen LogP contribution < -0.4 is 0 Å². The molecular formula is C10H17NO3S. The highest BCUT2D eigenvalue weighted by Gasteiger charge is 2.58. The molecule has 0 aliphatic carbocycles. The van der Waals surface area contributed by atoms with Gasteiger partial charge in [0.15, 0.2) is 0 Å².